The number of hydrogen-bond donors (Lipinski definition) is 1. The topological polar surface area (TPSA) is 46.3 Å². The Labute approximate surface area is 132 Å². The van der Waals surface area contributed by atoms with Crippen LogP contribution in [0.15, 0.2) is 30.3 Å². The van der Waals surface area contributed by atoms with Crippen molar-refractivity contribution in [3.8, 4) is 0 Å². The first-order chi connectivity index (χ1) is 9.06. The lowest BCUT2D eigenvalue weighted by molar-refractivity contribution is -0.132. The van der Waals surface area contributed by atoms with E-state index < -0.39 is 0 Å². The number of carbonyl (C=O) groups is 1. The molecule has 1 aromatic rings. The van der Waals surface area contributed by atoms with Gasteiger partial charge >= 0.3 is 0 Å². The Balaban J connectivity index is 0.00000361. The highest BCUT2D eigenvalue weighted by Gasteiger charge is 2.18. The number of hydrogen-bond acceptors (Lipinski definition) is 3. The molecule has 0 aliphatic carbocycles. The Bertz CT molecular complexity index is 389. The zero-order valence-corrected chi connectivity index (χ0v) is 14.0. The molecule has 2 atom stereocenters. The predicted octanol–water partition coefficient (Wildman–Crippen LogP) is 3.10. The number of nitrogens with two attached hydrogens (primary N) is 1. The summed E-state index contributed by atoms with van der Waals surface area (Å²) in [4.78, 5) is 14.0. The van der Waals surface area contributed by atoms with Crippen LogP contribution in [0.3, 0.4) is 0 Å². The zero-order valence-electron chi connectivity index (χ0n) is 12.4. The number of amides is 1. The van der Waals surface area contributed by atoms with E-state index in [9.17, 15) is 4.79 Å². The number of rotatable bonds is 7. The fourth-order valence-electron chi connectivity index (χ4n) is 1.88. The van der Waals surface area contributed by atoms with Gasteiger partial charge in [-0.2, -0.15) is 11.8 Å². The molecule has 0 spiro atoms. The summed E-state index contributed by atoms with van der Waals surface area (Å²) in [7, 11) is 1.87. The van der Waals surface area contributed by atoms with Crippen LogP contribution in [-0.2, 0) is 4.79 Å². The highest BCUT2D eigenvalue weighted by molar-refractivity contribution is 7.98. The van der Waals surface area contributed by atoms with Crippen molar-refractivity contribution < 1.29 is 4.79 Å². The van der Waals surface area contributed by atoms with Crippen LogP contribution in [0.4, 0.5) is 0 Å². The summed E-state index contributed by atoms with van der Waals surface area (Å²) in [5.74, 6) is 1.19. The Morgan fingerprint density at radius 2 is 1.95 bits per heavy atom. The molecule has 2 N–H and O–H groups in total. The lowest BCUT2D eigenvalue weighted by Gasteiger charge is -2.26. The van der Waals surface area contributed by atoms with Gasteiger partial charge in [-0.05, 0) is 30.9 Å². The fourth-order valence-corrected chi connectivity index (χ4v) is 2.45. The number of benzene rings is 1. The second-order valence-corrected chi connectivity index (χ2v) is 5.84. The van der Waals surface area contributed by atoms with E-state index >= 15 is 0 Å². The van der Waals surface area contributed by atoms with Gasteiger partial charge in [0.05, 0.1) is 0 Å². The molecule has 2 unspecified atom stereocenters. The van der Waals surface area contributed by atoms with Gasteiger partial charge < -0.3 is 10.6 Å². The second-order valence-electron chi connectivity index (χ2n) is 4.86. The average molecular weight is 317 g/mol. The zero-order chi connectivity index (χ0) is 14.3. The summed E-state index contributed by atoms with van der Waals surface area (Å²) in [6.07, 6.45) is 3.47. The maximum Gasteiger partial charge on any atom is 0.224 e. The smallest absolute Gasteiger partial charge is 0.224 e. The van der Waals surface area contributed by atoms with Gasteiger partial charge in [0.1, 0.15) is 0 Å². The minimum Gasteiger partial charge on any atom is -0.343 e. The summed E-state index contributed by atoms with van der Waals surface area (Å²) in [6.45, 7) is 2.09. The van der Waals surface area contributed by atoms with Crippen LogP contribution in [0.25, 0.3) is 0 Å². The standard InChI is InChI=1S/C15H24N2OS.ClH/c1-12(9-10-19-3)17(2)15(18)11-14(16)13-7-5-4-6-8-13;/h4-8,12,14H,9-11,16H2,1-3H3;1H. The van der Waals surface area contributed by atoms with Gasteiger partial charge in [-0.1, -0.05) is 30.3 Å². The molecule has 1 rings (SSSR count). The minimum atomic E-state index is -0.219. The molecule has 114 valence electrons. The van der Waals surface area contributed by atoms with Crippen LogP contribution in [0.5, 0.6) is 0 Å². The third-order valence-corrected chi connectivity index (χ3v) is 4.06. The van der Waals surface area contributed by atoms with Gasteiger partial charge in [-0.15, -0.1) is 12.4 Å². The highest BCUT2D eigenvalue weighted by atomic mass is 35.5. The highest BCUT2D eigenvalue weighted by Crippen LogP contribution is 2.16. The predicted molar refractivity (Wildman–Crippen MR) is 90.5 cm³/mol. The molecular formula is C15H25ClN2OS. The van der Waals surface area contributed by atoms with Crippen LogP contribution < -0.4 is 5.73 Å². The first-order valence-corrected chi connectivity index (χ1v) is 8.00. The van der Waals surface area contributed by atoms with Gasteiger partial charge in [-0.3, -0.25) is 4.79 Å². The molecule has 20 heavy (non-hydrogen) atoms. The van der Waals surface area contributed by atoms with E-state index in [0.717, 1.165) is 17.7 Å². The average Bonchev–Trinajstić information content (AvgIpc) is 2.44. The van der Waals surface area contributed by atoms with Crippen molar-refractivity contribution in [1.29, 1.82) is 0 Å². The molecule has 0 saturated carbocycles. The summed E-state index contributed by atoms with van der Waals surface area (Å²) in [6, 6.07) is 9.83. The molecule has 1 aromatic carbocycles. The third kappa shape index (κ3) is 6.16. The number of nitrogens with zero attached hydrogens (tertiary/aromatic N) is 1. The monoisotopic (exact) mass is 316 g/mol. The summed E-state index contributed by atoms with van der Waals surface area (Å²) in [5, 5.41) is 0. The van der Waals surface area contributed by atoms with Gasteiger partial charge in [0.25, 0.3) is 0 Å². The van der Waals surface area contributed by atoms with Gasteiger partial charge in [0.2, 0.25) is 5.91 Å². The Hall–Kier alpha value is -0.710. The Morgan fingerprint density at radius 3 is 2.50 bits per heavy atom. The first kappa shape index (κ1) is 19.3. The second kappa shape index (κ2) is 10.1. The van der Waals surface area contributed by atoms with Crippen molar-refractivity contribution in [3.63, 3.8) is 0 Å². The molecule has 5 heteroatoms. The van der Waals surface area contributed by atoms with E-state index in [1.165, 1.54) is 0 Å². The van der Waals surface area contributed by atoms with Gasteiger partial charge in [0.15, 0.2) is 0 Å². The maximum absolute atomic E-state index is 12.2. The molecule has 0 radical (unpaired) electrons. The molecule has 0 bridgehead atoms. The van der Waals surface area contributed by atoms with E-state index in [-0.39, 0.29) is 30.4 Å². The lowest BCUT2D eigenvalue weighted by Crippen LogP contribution is -2.37. The molecule has 0 aliphatic rings. The van der Waals surface area contributed by atoms with Crippen molar-refractivity contribution in [2.45, 2.75) is 31.8 Å². The molecule has 0 aliphatic heterocycles. The minimum absolute atomic E-state index is 0. The number of thioether (sulfide) groups is 1. The van der Waals surface area contributed by atoms with Crippen molar-refractivity contribution in [1.82, 2.24) is 4.90 Å². The number of halogens is 1. The molecule has 0 aromatic heterocycles. The lowest BCUT2D eigenvalue weighted by atomic mass is 10.0. The number of carbonyl (C=O) groups excluding carboxylic acids is 1. The van der Waals surface area contributed by atoms with Crippen molar-refractivity contribution >= 4 is 30.1 Å². The summed E-state index contributed by atoms with van der Waals surface area (Å²) in [5.41, 5.74) is 7.10. The first-order valence-electron chi connectivity index (χ1n) is 6.61. The van der Waals surface area contributed by atoms with Gasteiger partial charge in [-0.25, -0.2) is 0 Å². The quantitative estimate of drug-likeness (QED) is 0.841. The van der Waals surface area contributed by atoms with Crippen molar-refractivity contribution in [2.24, 2.45) is 5.73 Å². The molecule has 0 fully saturated rings. The van der Waals surface area contributed by atoms with E-state index in [1.807, 2.05) is 54.0 Å². The largest absolute Gasteiger partial charge is 0.343 e. The molecule has 1 amide bonds. The SMILES string of the molecule is CSCCC(C)N(C)C(=O)CC(N)c1ccccc1.Cl. The van der Waals surface area contributed by atoms with Crippen LogP contribution in [0.1, 0.15) is 31.4 Å². The molecule has 0 heterocycles. The van der Waals surface area contributed by atoms with Crippen molar-refractivity contribution in [2.75, 3.05) is 19.1 Å². The van der Waals surface area contributed by atoms with E-state index in [2.05, 4.69) is 13.2 Å². The fraction of sp³-hybridized carbons (Fsp3) is 0.533. The van der Waals surface area contributed by atoms with Gasteiger partial charge in [0, 0.05) is 25.6 Å². The maximum atomic E-state index is 12.2. The Kier molecular flexibility index (Phi) is 9.72. The molecular weight excluding hydrogens is 292 g/mol. The van der Waals surface area contributed by atoms with E-state index in [0.29, 0.717) is 6.42 Å². The normalized spacial score (nSPS) is 13.2. The third-order valence-electron chi connectivity index (χ3n) is 3.42. The Morgan fingerprint density at radius 1 is 1.35 bits per heavy atom. The van der Waals surface area contributed by atoms with Crippen LogP contribution in [0, 0.1) is 0 Å². The van der Waals surface area contributed by atoms with E-state index in [4.69, 9.17) is 5.73 Å². The van der Waals surface area contributed by atoms with E-state index in [1.54, 1.807) is 0 Å². The molecule has 3 nitrogen and oxygen atoms in total. The van der Waals surface area contributed by atoms with Crippen LogP contribution >= 0.6 is 24.2 Å². The summed E-state index contributed by atoms with van der Waals surface area (Å²) < 4.78 is 0. The summed E-state index contributed by atoms with van der Waals surface area (Å²) >= 11 is 1.81. The molecule has 0 saturated heterocycles. The van der Waals surface area contributed by atoms with Crippen LogP contribution in [-0.4, -0.2) is 35.9 Å². The van der Waals surface area contributed by atoms with Crippen molar-refractivity contribution in [3.05, 3.63) is 35.9 Å². The van der Waals surface area contributed by atoms with Crippen LogP contribution in [0.2, 0.25) is 0 Å².